The topological polar surface area (TPSA) is 86.0 Å². The molecule has 4 rings (SSSR count). The van der Waals surface area contributed by atoms with Gasteiger partial charge in [-0.1, -0.05) is 25.1 Å². The van der Waals surface area contributed by atoms with Crippen LogP contribution in [0.15, 0.2) is 33.2 Å². The van der Waals surface area contributed by atoms with Crippen molar-refractivity contribution in [2.75, 3.05) is 5.32 Å². The Morgan fingerprint density at radius 2 is 2.11 bits per heavy atom. The standard InChI is InChI=1S/C19H20N4O3S/c1-3-12-6-4-5-11(2)16(12)20-15(24)9-22-14-10-27-21-17(14)18(25)23(19(22)26)13-7-8-13/h4-6,10,13H,3,7-9H2,1-2H3,(H,20,24). The lowest BCUT2D eigenvalue weighted by Gasteiger charge is -2.15. The number of hydrogen-bond donors (Lipinski definition) is 1. The molecule has 2 heterocycles. The van der Waals surface area contributed by atoms with E-state index in [1.165, 1.54) is 9.13 Å². The maximum absolute atomic E-state index is 12.9. The predicted molar refractivity (Wildman–Crippen MR) is 106 cm³/mol. The van der Waals surface area contributed by atoms with E-state index in [1.807, 2.05) is 32.0 Å². The Morgan fingerprint density at radius 3 is 2.81 bits per heavy atom. The molecule has 2 aromatic heterocycles. The van der Waals surface area contributed by atoms with E-state index < -0.39 is 5.69 Å². The highest BCUT2D eigenvalue weighted by molar-refractivity contribution is 7.04. The fourth-order valence-corrected chi connectivity index (χ4v) is 4.01. The summed E-state index contributed by atoms with van der Waals surface area (Å²) in [4.78, 5) is 38.2. The summed E-state index contributed by atoms with van der Waals surface area (Å²) in [5.41, 5.74) is 2.68. The number of rotatable bonds is 5. The van der Waals surface area contributed by atoms with Gasteiger partial charge in [0.15, 0.2) is 5.52 Å². The van der Waals surface area contributed by atoms with E-state index in [1.54, 1.807) is 5.38 Å². The van der Waals surface area contributed by atoms with Crippen LogP contribution in [-0.4, -0.2) is 19.4 Å². The molecular formula is C19H20N4O3S. The summed E-state index contributed by atoms with van der Waals surface area (Å²) in [5, 5.41) is 4.58. The number of amides is 1. The van der Waals surface area contributed by atoms with Crippen LogP contribution in [-0.2, 0) is 17.8 Å². The second-order valence-corrected chi connectivity index (χ2v) is 7.46. The molecule has 0 atom stereocenters. The fourth-order valence-electron chi connectivity index (χ4n) is 3.34. The Hall–Kier alpha value is -2.74. The Kier molecular flexibility index (Phi) is 4.43. The monoisotopic (exact) mass is 384 g/mol. The van der Waals surface area contributed by atoms with Gasteiger partial charge in [-0.25, -0.2) is 4.79 Å². The number of nitrogens with zero attached hydrogens (tertiary/aromatic N) is 3. The molecule has 0 bridgehead atoms. The quantitative estimate of drug-likeness (QED) is 0.732. The third-order valence-corrected chi connectivity index (χ3v) is 5.53. The minimum atomic E-state index is -0.439. The van der Waals surface area contributed by atoms with Gasteiger partial charge in [-0.15, -0.1) is 0 Å². The summed E-state index contributed by atoms with van der Waals surface area (Å²) in [6.07, 6.45) is 2.41. The third-order valence-electron chi connectivity index (χ3n) is 4.92. The molecule has 1 aliphatic rings. The molecule has 0 saturated heterocycles. The molecule has 1 N–H and O–H groups in total. The van der Waals surface area contributed by atoms with E-state index in [9.17, 15) is 14.4 Å². The highest BCUT2D eigenvalue weighted by atomic mass is 32.1. The van der Waals surface area contributed by atoms with Gasteiger partial charge >= 0.3 is 5.69 Å². The van der Waals surface area contributed by atoms with Crippen molar-refractivity contribution in [2.24, 2.45) is 0 Å². The number of anilines is 1. The molecule has 3 aromatic rings. The molecule has 27 heavy (non-hydrogen) atoms. The van der Waals surface area contributed by atoms with Crippen LogP contribution < -0.4 is 16.6 Å². The van der Waals surface area contributed by atoms with E-state index in [4.69, 9.17) is 0 Å². The fraction of sp³-hybridized carbons (Fsp3) is 0.368. The molecule has 0 aliphatic heterocycles. The highest BCUT2D eigenvalue weighted by Gasteiger charge is 2.29. The number of aromatic nitrogens is 3. The van der Waals surface area contributed by atoms with Crippen molar-refractivity contribution in [1.29, 1.82) is 0 Å². The first kappa shape index (κ1) is 17.7. The number of nitrogens with one attached hydrogen (secondary N) is 1. The van der Waals surface area contributed by atoms with E-state index in [2.05, 4.69) is 9.69 Å². The zero-order valence-corrected chi connectivity index (χ0v) is 16.0. The normalized spacial score (nSPS) is 13.9. The number of hydrogen-bond acceptors (Lipinski definition) is 5. The summed E-state index contributed by atoms with van der Waals surface area (Å²) >= 11 is 1.12. The number of aryl methyl sites for hydroxylation is 2. The van der Waals surface area contributed by atoms with E-state index in [-0.39, 0.29) is 29.6 Å². The first-order valence-electron chi connectivity index (χ1n) is 8.99. The van der Waals surface area contributed by atoms with Gasteiger partial charge in [0.2, 0.25) is 5.91 Å². The van der Waals surface area contributed by atoms with Crippen LogP contribution in [0.5, 0.6) is 0 Å². The van der Waals surface area contributed by atoms with Gasteiger partial charge in [-0.3, -0.25) is 18.7 Å². The molecule has 140 valence electrons. The summed E-state index contributed by atoms with van der Waals surface area (Å²) in [7, 11) is 0. The average Bonchev–Trinajstić information content (AvgIpc) is 3.35. The van der Waals surface area contributed by atoms with Gasteiger partial charge in [0.05, 0.1) is 5.52 Å². The largest absolute Gasteiger partial charge is 0.332 e. The summed E-state index contributed by atoms with van der Waals surface area (Å²) in [6.45, 7) is 3.81. The second kappa shape index (κ2) is 6.77. The second-order valence-electron chi connectivity index (χ2n) is 6.83. The molecule has 1 fully saturated rings. The molecule has 1 saturated carbocycles. The van der Waals surface area contributed by atoms with Crippen LogP contribution in [0.2, 0.25) is 0 Å². The first-order valence-corrected chi connectivity index (χ1v) is 9.82. The van der Waals surface area contributed by atoms with E-state index >= 15 is 0 Å². The first-order chi connectivity index (χ1) is 13.0. The molecule has 0 spiro atoms. The van der Waals surface area contributed by atoms with Gasteiger partial charge in [-0.2, -0.15) is 4.37 Å². The SMILES string of the molecule is CCc1cccc(C)c1NC(=O)Cn1c(=O)n(C2CC2)c(=O)c2nscc21. The van der Waals surface area contributed by atoms with Crippen molar-refractivity contribution < 1.29 is 4.79 Å². The van der Waals surface area contributed by atoms with Crippen LogP contribution in [0.3, 0.4) is 0 Å². The van der Waals surface area contributed by atoms with Crippen molar-refractivity contribution >= 4 is 34.2 Å². The zero-order chi connectivity index (χ0) is 19.1. The Morgan fingerprint density at radius 1 is 1.33 bits per heavy atom. The minimum absolute atomic E-state index is 0.0755. The van der Waals surface area contributed by atoms with Crippen LogP contribution in [0.1, 0.15) is 36.9 Å². The van der Waals surface area contributed by atoms with Gasteiger partial charge < -0.3 is 5.32 Å². The minimum Gasteiger partial charge on any atom is -0.324 e. The lowest BCUT2D eigenvalue weighted by atomic mass is 10.1. The van der Waals surface area contributed by atoms with Gasteiger partial charge in [0.25, 0.3) is 5.56 Å². The molecule has 1 aliphatic carbocycles. The molecular weight excluding hydrogens is 364 g/mol. The number of carbonyl (C=O) groups excluding carboxylic acids is 1. The Labute approximate surface area is 159 Å². The molecule has 1 aromatic carbocycles. The molecule has 1 amide bonds. The van der Waals surface area contributed by atoms with Crippen molar-refractivity contribution in [3.05, 3.63) is 55.5 Å². The van der Waals surface area contributed by atoms with Crippen molar-refractivity contribution in [3.8, 4) is 0 Å². The van der Waals surface area contributed by atoms with Crippen molar-refractivity contribution in [3.63, 3.8) is 0 Å². The van der Waals surface area contributed by atoms with Crippen molar-refractivity contribution in [2.45, 2.75) is 45.7 Å². The van der Waals surface area contributed by atoms with Crippen LogP contribution >= 0.6 is 11.5 Å². The summed E-state index contributed by atoms with van der Waals surface area (Å²) in [6, 6.07) is 5.80. The maximum Gasteiger partial charge on any atom is 0.332 e. The number of benzene rings is 1. The number of para-hydroxylation sites is 1. The van der Waals surface area contributed by atoms with Crippen molar-refractivity contribution in [1.82, 2.24) is 13.5 Å². The Balaban J connectivity index is 1.72. The van der Waals surface area contributed by atoms with E-state index in [0.29, 0.717) is 5.52 Å². The van der Waals surface area contributed by atoms with Gasteiger partial charge in [0, 0.05) is 17.1 Å². The molecule has 0 radical (unpaired) electrons. The molecule has 8 heteroatoms. The Bertz CT molecular complexity index is 1150. The van der Waals surface area contributed by atoms with Crippen LogP contribution in [0.4, 0.5) is 5.69 Å². The lowest BCUT2D eigenvalue weighted by molar-refractivity contribution is -0.116. The maximum atomic E-state index is 12.9. The molecule has 0 unspecified atom stereocenters. The van der Waals surface area contributed by atoms with Crippen LogP contribution in [0.25, 0.3) is 11.0 Å². The highest BCUT2D eigenvalue weighted by Crippen LogP contribution is 2.32. The summed E-state index contributed by atoms with van der Waals surface area (Å²) in [5.74, 6) is -0.297. The third kappa shape index (κ3) is 3.10. The lowest BCUT2D eigenvalue weighted by Crippen LogP contribution is -2.41. The van der Waals surface area contributed by atoms with Crippen LogP contribution in [0, 0.1) is 6.92 Å². The molecule has 7 nitrogen and oxygen atoms in total. The smallest absolute Gasteiger partial charge is 0.324 e. The number of carbonyl (C=O) groups is 1. The average molecular weight is 384 g/mol. The summed E-state index contributed by atoms with van der Waals surface area (Å²) < 4.78 is 6.75. The van der Waals surface area contributed by atoms with E-state index in [0.717, 1.165) is 47.6 Å². The van der Waals surface area contributed by atoms with Gasteiger partial charge in [-0.05, 0) is 48.8 Å². The van der Waals surface area contributed by atoms with Gasteiger partial charge in [0.1, 0.15) is 6.54 Å². The number of fused-ring (bicyclic) bond motifs is 1. The zero-order valence-electron chi connectivity index (χ0n) is 15.2. The predicted octanol–water partition coefficient (Wildman–Crippen LogP) is 2.46.